The van der Waals surface area contributed by atoms with Gasteiger partial charge in [0.2, 0.25) is 5.78 Å². The first kappa shape index (κ1) is 12.0. The van der Waals surface area contributed by atoms with Crippen molar-refractivity contribution in [3.63, 3.8) is 0 Å². The fourth-order valence-electron chi connectivity index (χ4n) is 5.65. The first-order valence-electron chi connectivity index (χ1n) is 8.10. The van der Waals surface area contributed by atoms with Crippen LogP contribution in [0.5, 0.6) is 0 Å². The third kappa shape index (κ3) is 1.66. The molecule has 0 saturated heterocycles. The number of carbonyl (C=O) groups excluding carboxylic acids is 1. The van der Waals surface area contributed by atoms with E-state index in [0.29, 0.717) is 5.76 Å². The molecular weight excluding hydrogens is 262 g/mol. The first-order chi connectivity index (χ1) is 10.2. The van der Waals surface area contributed by atoms with Gasteiger partial charge in [-0.1, -0.05) is 0 Å². The second kappa shape index (κ2) is 3.96. The lowest BCUT2D eigenvalue weighted by molar-refractivity contribution is -0.0364. The van der Waals surface area contributed by atoms with E-state index < -0.39 is 0 Å². The van der Waals surface area contributed by atoms with Crippen LogP contribution in [0.1, 0.15) is 49.1 Å². The molecular formula is C18H19NO2. The molecule has 2 heterocycles. The number of hydrogen-bond acceptors (Lipinski definition) is 3. The lowest BCUT2D eigenvalue weighted by Crippen LogP contribution is -2.49. The van der Waals surface area contributed by atoms with Gasteiger partial charge >= 0.3 is 0 Å². The first-order valence-corrected chi connectivity index (χ1v) is 8.10. The molecule has 2 aromatic rings. The van der Waals surface area contributed by atoms with Gasteiger partial charge in [0, 0.05) is 23.2 Å². The molecule has 4 fully saturated rings. The molecule has 4 bridgehead atoms. The molecule has 2 aromatic heterocycles. The largest absolute Gasteiger partial charge is 0.453 e. The average molecular weight is 281 g/mol. The SMILES string of the molecule is O=C(c1cc2cnccc2o1)C12CC3CC(CC(C3)C1)C2. The summed E-state index contributed by atoms with van der Waals surface area (Å²) in [6.07, 6.45) is 10.8. The summed E-state index contributed by atoms with van der Waals surface area (Å²) >= 11 is 0. The Morgan fingerprint density at radius 3 is 2.43 bits per heavy atom. The van der Waals surface area contributed by atoms with Crippen LogP contribution >= 0.6 is 0 Å². The van der Waals surface area contributed by atoms with E-state index in [-0.39, 0.29) is 11.2 Å². The van der Waals surface area contributed by atoms with Crippen LogP contribution in [0.25, 0.3) is 11.0 Å². The molecule has 4 saturated carbocycles. The van der Waals surface area contributed by atoms with Gasteiger partial charge in [-0.3, -0.25) is 9.78 Å². The van der Waals surface area contributed by atoms with Crippen LogP contribution in [-0.2, 0) is 0 Å². The molecule has 4 aliphatic rings. The number of nitrogens with zero attached hydrogens (tertiary/aromatic N) is 1. The van der Waals surface area contributed by atoms with Crippen molar-refractivity contribution in [3.05, 3.63) is 30.3 Å². The minimum atomic E-state index is -0.115. The van der Waals surface area contributed by atoms with E-state index in [1.807, 2.05) is 12.1 Å². The molecule has 4 aliphatic carbocycles. The van der Waals surface area contributed by atoms with Crippen molar-refractivity contribution in [2.24, 2.45) is 23.2 Å². The number of carbonyl (C=O) groups is 1. The Bertz CT molecular complexity index is 661. The second-order valence-corrected chi connectivity index (χ2v) is 7.55. The number of aromatic nitrogens is 1. The highest BCUT2D eigenvalue weighted by molar-refractivity contribution is 6.01. The number of hydrogen-bond donors (Lipinski definition) is 0. The van der Waals surface area contributed by atoms with Crippen molar-refractivity contribution in [1.29, 1.82) is 0 Å². The van der Waals surface area contributed by atoms with Gasteiger partial charge in [-0.05, 0) is 68.4 Å². The van der Waals surface area contributed by atoms with Crippen LogP contribution in [0.15, 0.2) is 28.9 Å². The number of pyridine rings is 1. The van der Waals surface area contributed by atoms with E-state index >= 15 is 0 Å². The Morgan fingerprint density at radius 2 is 1.81 bits per heavy atom. The Balaban J connectivity index is 1.56. The van der Waals surface area contributed by atoms with Crippen LogP contribution in [0, 0.1) is 23.2 Å². The van der Waals surface area contributed by atoms with Gasteiger partial charge < -0.3 is 4.42 Å². The third-order valence-electron chi connectivity index (χ3n) is 6.06. The topological polar surface area (TPSA) is 43.1 Å². The summed E-state index contributed by atoms with van der Waals surface area (Å²) in [6.45, 7) is 0. The van der Waals surface area contributed by atoms with Crippen molar-refractivity contribution < 1.29 is 9.21 Å². The Hall–Kier alpha value is -1.64. The average Bonchev–Trinajstić information content (AvgIpc) is 2.88. The summed E-state index contributed by atoms with van der Waals surface area (Å²) in [4.78, 5) is 17.3. The predicted molar refractivity (Wildman–Crippen MR) is 78.9 cm³/mol. The quantitative estimate of drug-likeness (QED) is 0.774. The van der Waals surface area contributed by atoms with Crippen molar-refractivity contribution >= 4 is 16.8 Å². The maximum Gasteiger partial charge on any atom is 0.204 e. The molecule has 3 heteroatoms. The zero-order chi connectivity index (χ0) is 14.0. The Morgan fingerprint density at radius 1 is 1.14 bits per heavy atom. The fourth-order valence-corrected chi connectivity index (χ4v) is 5.65. The summed E-state index contributed by atoms with van der Waals surface area (Å²) in [5.74, 6) is 3.17. The van der Waals surface area contributed by atoms with Gasteiger partial charge in [0.05, 0.1) is 0 Å². The molecule has 0 aliphatic heterocycles. The lowest BCUT2D eigenvalue weighted by atomic mass is 9.48. The van der Waals surface area contributed by atoms with Crippen molar-refractivity contribution in [2.45, 2.75) is 38.5 Å². The predicted octanol–water partition coefficient (Wildman–Crippen LogP) is 4.23. The molecule has 0 unspecified atom stereocenters. The van der Waals surface area contributed by atoms with Gasteiger partial charge in [-0.25, -0.2) is 0 Å². The molecule has 0 amide bonds. The molecule has 0 aromatic carbocycles. The summed E-state index contributed by atoms with van der Waals surface area (Å²) in [7, 11) is 0. The zero-order valence-electron chi connectivity index (χ0n) is 12.0. The minimum Gasteiger partial charge on any atom is -0.453 e. The highest BCUT2D eigenvalue weighted by atomic mass is 16.3. The number of Topliss-reactive ketones (excluding diaryl/α,β-unsaturated/α-hetero) is 1. The number of rotatable bonds is 2. The standard InChI is InChI=1S/C18H19NO2/c20-17(16-6-14-10-19-2-1-15(14)21-16)18-7-11-3-12(8-18)5-13(4-11)9-18/h1-2,6,10-13H,3-5,7-9H2. The molecule has 3 nitrogen and oxygen atoms in total. The van der Waals surface area contributed by atoms with E-state index in [4.69, 9.17) is 4.42 Å². The Labute approximate surface area is 123 Å². The van der Waals surface area contributed by atoms with E-state index in [1.165, 1.54) is 19.3 Å². The molecule has 108 valence electrons. The van der Waals surface area contributed by atoms with Crippen molar-refractivity contribution in [3.8, 4) is 0 Å². The molecule has 0 N–H and O–H groups in total. The van der Waals surface area contributed by atoms with E-state index in [2.05, 4.69) is 4.98 Å². The smallest absolute Gasteiger partial charge is 0.204 e. The maximum atomic E-state index is 13.2. The third-order valence-corrected chi connectivity index (χ3v) is 6.06. The van der Waals surface area contributed by atoms with Crippen LogP contribution < -0.4 is 0 Å². The number of ketones is 1. The van der Waals surface area contributed by atoms with Gasteiger partial charge in [0.25, 0.3) is 0 Å². The Kier molecular flexibility index (Phi) is 2.26. The molecule has 0 spiro atoms. The summed E-state index contributed by atoms with van der Waals surface area (Å²) < 4.78 is 5.83. The van der Waals surface area contributed by atoms with Gasteiger partial charge in [-0.2, -0.15) is 0 Å². The van der Waals surface area contributed by atoms with Crippen LogP contribution in [0.3, 0.4) is 0 Å². The van der Waals surface area contributed by atoms with Gasteiger partial charge in [0.1, 0.15) is 5.58 Å². The molecule has 0 radical (unpaired) electrons. The normalized spacial score (nSPS) is 37.2. The zero-order valence-corrected chi connectivity index (χ0v) is 12.0. The summed E-state index contributed by atoms with van der Waals surface area (Å²) in [5.41, 5.74) is 0.661. The van der Waals surface area contributed by atoms with Gasteiger partial charge in [0.15, 0.2) is 5.76 Å². The second-order valence-electron chi connectivity index (χ2n) is 7.55. The van der Waals surface area contributed by atoms with Crippen LogP contribution in [0.4, 0.5) is 0 Å². The van der Waals surface area contributed by atoms with Crippen LogP contribution in [-0.4, -0.2) is 10.8 Å². The lowest BCUT2D eigenvalue weighted by Gasteiger charge is -2.55. The van der Waals surface area contributed by atoms with Crippen molar-refractivity contribution in [1.82, 2.24) is 4.98 Å². The number of furan rings is 1. The molecule has 0 atom stereocenters. The highest BCUT2D eigenvalue weighted by Gasteiger charge is 2.55. The summed E-state index contributed by atoms with van der Waals surface area (Å²) in [6, 6.07) is 3.73. The fraction of sp³-hybridized carbons (Fsp3) is 0.556. The van der Waals surface area contributed by atoms with E-state index in [1.54, 1.807) is 12.4 Å². The van der Waals surface area contributed by atoms with Crippen molar-refractivity contribution in [2.75, 3.05) is 0 Å². The van der Waals surface area contributed by atoms with E-state index in [0.717, 1.165) is 48.0 Å². The minimum absolute atomic E-state index is 0.115. The summed E-state index contributed by atoms with van der Waals surface area (Å²) in [5, 5.41) is 0.936. The van der Waals surface area contributed by atoms with Crippen LogP contribution in [0.2, 0.25) is 0 Å². The van der Waals surface area contributed by atoms with Gasteiger partial charge in [-0.15, -0.1) is 0 Å². The monoisotopic (exact) mass is 281 g/mol. The number of fused-ring (bicyclic) bond motifs is 1. The maximum absolute atomic E-state index is 13.2. The van der Waals surface area contributed by atoms with E-state index in [9.17, 15) is 4.79 Å². The molecule has 21 heavy (non-hydrogen) atoms. The molecule has 6 rings (SSSR count). The highest BCUT2D eigenvalue weighted by Crippen LogP contribution is 2.61.